The van der Waals surface area contributed by atoms with Crippen molar-refractivity contribution in [3.8, 4) is 0 Å². The van der Waals surface area contributed by atoms with Gasteiger partial charge in [-0.05, 0) is 23.8 Å². The van der Waals surface area contributed by atoms with Gasteiger partial charge in [0.25, 0.3) is 5.91 Å². The molecule has 0 radical (unpaired) electrons. The van der Waals surface area contributed by atoms with E-state index >= 15 is 0 Å². The van der Waals surface area contributed by atoms with E-state index < -0.39 is 0 Å². The Labute approximate surface area is 133 Å². The molecule has 0 aliphatic carbocycles. The highest BCUT2D eigenvalue weighted by Crippen LogP contribution is 2.24. The van der Waals surface area contributed by atoms with Crippen molar-refractivity contribution in [1.82, 2.24) is 4.90 Å². The van der Waals surface area contributed by atoms with Gasteiger partial charge in [-0.15, -0.1) is 0 Å². The largest absolute Gasteiger partial charge is 0.364 e. The molecule has 22 heavy (non-hydrogen) atoms. The third kappa shape index (κ3) is 4.82. The van der Waals surface area contributed by atoms with Gasteiger partial charge in [-0.2, -0.15) is 0 Å². The van der Waals surface area contributed by atoms with Crippen molar-refractivity contribution in [1.29, 1.82) is 0 Å². The number of amides is 1. The first kappa shape index (κ1) is 17.0. The Balaban J connectivity index is 2.08. The highest BCUT2D eigenvalue weighted by Gasteiger charge is 2.34. The van der Waals surface area contributed by atoms with Crippen molar-refractivity contribution in [2.75, 3.05) is 13.1 Å². The molecule has 122 valence electrons. The second-order valence-electron chi connectivity index (χ2n) is 7.30. The summed E-state index contributed by atoms with van der Waals surface area (Å²) < 4.78 is 5.79. The van der Waals surface area contributed by atoms with E-state index in [4.69, 9.17) is 10.5 Å². The zero-order valence-corrected chi connectivity index (χ0v) is 13.9. The van der Waals surface area contributed by atoms with Gasteiger partial charge in [-0.3, -0.25) is 4.79 Å². The molecule has 1 aromatic rings. The Bertz CT molecular complexity index is 482. The number of nitrogens with zero attached hydrogens (tertiary/aromatic N) is 1. The number of ether oxygens (including phenoxy) is 1. The van der Waals surface area contributed by atoms with Crippen molar-refractivity contribution in [3.63, 3.8) is 0 Å². The minimum absolute atomic E-state index is 0.0298. The zero-order valence-electron chi connectivity index (χ0n) is 13.9. The first-order chi connectivity index (χ1) is 10.4. The molecule has 0 bridgehead atoms. The molecule has 0 unspecified atom stereocenters. The Morgan fingerprint density at radius 2 is 1.95 bits per heavy atom. The summed E-state index contributed by atoms with van der Waals surface area (Å²) in [6.07, 6.45) is 1.35. The quantitative estimate of drug-likeness (QED) is 0.909. The predicted octanol–water partition coefficient (Wildman–Crippen LogP) is 2.57. The van der Waals surface area contributed by atoms with Crippen LogP contribution in [0.4, 0.5) is 0 Å². The molecular formula is C18H28N2O2. The Morgan fingerprint density at radius 3 is 2.50 bits per heavy atom. The predicted molar refractivity (Wildman–Crippen MR) is 88.3 cm³/mol. The van der Waals surface area contributed by atoms with E-state index in [-0.39, 0.29) is 23.5 Å². The molecule has 1 saturated heterocycles. The molecule has 1 aromatic carbocycles. The van der Waals surface area contributed by atoms with Gasteiger partial charge < -0.3 is 15.4 Å². The molecule has 0 aromatic heterocycles. The van der Waals surface area contributed by atoms with Gasteiger partial charge in [0.1, 0.15) is 6.10 Å². The van der Waals surface area contributed by atoms with Crippen LogP contribution < -0.4 is 5.73 Å². The third-order valence-corrected chi connectivity index (χ3v) is 3.84. The van der Waals surface area contributed by atoms with Crippen LogP contribution in [0, 0.1) is 5.41 Å². The van der Waals surface area contributed by atoms with E-state index in [2.05, 4.69) is 32.9 Å². The van der Waals surface area contributed by atoms with Crippen LogP contribution in [-0.4, -0.2) is 36.1 Å². The number of nitrogens with two attached hydrogens (primary N) is 1. The maximum Gasteiger partial charge on any atom is 0.252 e. The second-order valence-corrected chi connectivity index (χ2v) is 7.30. The summed E-state index contributed by atoms with van der Waals surface area (Å²) in [5.41, 5.74) is 6.85. The fourth-order valence-corrected chi connectivity index (χ4v) is 2.85. The van der Waals surface area contributed by atoms with Gasteiger partial charge in [0.2, 0.25) is 0 Å². The minimum Gasteiger partial charge on any atom is -0.364 e. The van der Waals surface area contributed by atoms with E-state index in [0.717, 1.165) is 18.4 Å². The molecule has 4 heteroatoms. The van der Waals surface area contributed by atoms with Crippen LogP contribution in [-0.2, 0) is 16.1 Å². The van der Waals surface area contributed by atoms with Gasteiger partial charge in [0.15, 0.2) is 0 Å². The lowest BCUT2D eigenvalue weighted by Crippen LogP contribution is -2.43. The molecule has 1 amide bonds. The van der Waals surface area contributed by atoms with Crippen LogP contribution in [0.1, 0.15) is 39.2 Å². The minimum atomic E-state index is -0.334. The van der Waals surface area contributed by atoms with Crippen LogP contribution >= 0.6 is 0 Å². The van der Waals surface area contributed by atoms with Crippen molar-refractivity contribution in [3.05, 3.63) is 35.9 Å². The van der Waals surface area contributed by atoms with E-state index in [1.807, 2.05) is 23.1 Å². The summed E-state index contributed by atoms with van der Waals surface area (Å²) in [7, 11) is 0. The molecule has 2 rings (SSSR count). The smallest absolute Gasteiger partial charge is 0.252 e. The molecule has 1 fully saturated rings. The van der Waals surface area contributed by atoms with Gasteiger partial charge >= 0.3 is 0 Å². The van der Waals surface area contributed by atoms with Crippen LogP contribution in [0.25, 0.3) is 0 Å². The number of hydrogen-bond donors (Lipinski definition) is 1. The number of carbonyl (C=O) groups is 1. The molecule has 0 spiro atoms. The average molecular weight is 304 g/mol. The first-order valence-corrected chi connectivity index (χ1v) is 8.07. The first-order valence-electron chi connectivity index (χ1n) is 8.07. The van der Waals surface area contributed by atoms with Crippen LogP contribution in [0.5, 0.6) is 0 Å². The topological polar surface area (TPSA) is 55.6 Å². The Morgan fingerprint density at radius 1 is 1.27 bits per heavy atom. The molecule has 1 aliphatic heterocycles. The number of rotatable bonds is 5. The Kier molecular flexibility index (Phi) is 5.59. The van der Waals surface area contributed by atoms with Crippen molar-refractivity contribution >= 4 is 5.91 Å². The fraction of sp³-hybridized carbons (Fsp3) is 0.611. The maximum atomic E-state index is 12.8. The monoisotopic (exact) mass is 304 g/mol. The van der Waals surface area contributed by atoms with Crippen molar-refractivity contribution in [2.45, 2.75) is 52.4 Å². The molecular weight excluding hydrogens is 276 g/mol. The fourth-order valence-electron chi connectivity index (χ4n) is 2.85. The molecule has 4 nitrogen and oxygen atoms in total. The number of benzene rings is 1. The van der Waals surface area contributed by atoms with Gasteiger partial charge in [-0.1, -0.05) is 51.1 Å². The zero-order chi connectivity index (χ0) is 16.2. The summed E-state index contributed by atoms with van der Waals surface area (Å²) in [5, 5.41) is 0. The number of hydrogen-bond acceptors (Lipinski definition) is 3. The van der Waals surface area contributed by atoms with Gasteiger partial charge in [0.05, 0.1) is 6.10 Å². The summed E-state index contributed by atoms with van der Waals surface area (Å²) >= 11 is 0. The van der Waals surface area contributed by atoms with Crippen molar-refractivity contribution < 1.29 is 9.53 Å². The number of carbonyl (C=O) groups excluding carboxylic acids is 1. The van der Waals surface area contributed by atoms with E-state index in [1.54, 1.807) is 0 Å². The lowest BCUT2D eigenvalue weighted by Gasteiger charge is -2.32. The standard InChI is InChI=1S/C18H28N2O2/c1-18(2,3)13-20(12-14-7-5-4-6-8-14)17(21)16-10-9-15(11-19)22-16/h4-8,15-16H,9-13,19H2,1-3H3/t15-,16+/m1/s1. The van der Waals surface area contributed by atoms with Gasteiger partial charge in [-0.25, -0.2) is 0 Å². The van der Waals surface area contributed by atoms with E-state index in [1.165, 1.54) is 0 Å². The summed E-state index contributed by atoms with van der Waals surface area (Å²) in [6, 6.07) is 10.1. The van der Waals surface area contributed by atoms with Crippen molar-refractivity contribution in [2.24, 2.45) is 11.1 Å². The lowest BCUT2D eigenvalue weighted by atomic mass is 9.95. The van der Waals surface area contributed by atoms with Crippen LogP contribution in [0.2, 0.25) is 0 Å². The molecule has 1 heterocycles. The Hall–Kier alpha value is -1.39. The second kappa shape index (κ2) is 7.25. The maximum absolute atomic E-state index is 12.8. The molecule has 2 N–H and O–H groups in total. The summed E-state index contributed by atoms with van der Waals surface area (Å²) in [4.78, 5) is 14.8. The van der Waals surface area contributed by atoms with Crippen LogP contribution in [0.3, 0.4) is 0 Å². The normalized spacial score (nSPS) is 21.8. The van der Waals surface area contributed by atoms with E-state index in [9.17, 15) is 4.79 Å². The summed E-state index contributed by atoms with van der Waals surface area (Å²) in [5.74, 6) is 0.0923. The van der Waals surface area contributed by atoms with Crippen LogP contribution in [0.15, 0.2) is 30.3 Å². The highest BCUT2D eigenvalue weighted by atomic mass is 16.5. The third-order valence-electron chi connectivity index (χ3n) is 3.84. The molecule has 0 saturated carbocycles. The molecule has 1 aliphatic rings. The average Bonchev–Trinajstić information content (AvgIpc) is 2.94. The SMILES string of the molecule is CC(C)(C)CN(Cc1ccccc1)C(=O)[C@@H]1CC[C@H](CN)O1. The lowest BCUT2D eigenvalue weighted by molar-refractivity contribution is -0.144. The molecule has 2 atom stereocenters. The van der Waals surface area contributed by atoms with E-state index in [0.29, 0.717) is 19.6 Å². The van der Waals surface area contributed by atoms with Gasteiger partial charge in [0, 0.05) is 19.6 Å². The summed E-state index contributed by atoms with van der Waals surface area (Å²) in [6.45, 7) is 8.28. The highest BCUT2D eigenvalue weighted by molar-refractivity contribution is 5.81.